The molecule has 0 bridgehead atoms. The van der Waals surface area contributed by atoms with Crippen LogP contribution in [0.15, 0.2) is 18.2 Å². The molecular weight excluding hydrogens is 334 g/mol. The molecule has 2 fully saturated rings. The maximum absolute atomic E-state index is 13.0. The first kappa shape index (κ1) is 17.3. The molecule has 1 aromatic rings. The Bertz CT molecular complexity index is 743. The molecule has 3 aliphatic rings. The molecule has 0 saturated carbocycles. The van der Waals surface area contributed by atoms with E-state index >= 15 is 0 Å². The summed E-state index contributed by atoms with van der Waals surface area (Å²) in [5.74, 6) is 0.628. The van der Waals surface area contributed by atoms with Crippen molar-refractivity contribution in [3.63, 3.8) is 0 Å². The standard InChI is InChI=1S/C19H25N3O4/c1-19(2,3)26-18(24)15-10-20-9-14-17(23)21(11-22(14)15)13-4-5-16-12(8-13)6-7-25-16/h4-5,8,14-15,20H,6-7,9-11H2,1-3H3. The third-order valence-corrected chi connectivity index (χ3v) is 5.00. The number of amides is 1. The largest absolute Gasteiger partial charge is 0.493 e. The van der Waals surface area contributed by atoms with Crippen LogP contribution >= 0.6 is 0 Å². The molecule has 3 aliphatic heterocycles. The van der Waals surface area contributed by atoms with Gasteiger partial charge in [-0.25, -0.2) is 0 Å². The molecule has 2 unspecified atom stereocenters. The minimum absolute atomic E-state index is 0.0182. The number of rotatable bonds is 2. The minimum Gasteiger partial charge on any atom is -0.493 e. The van der Waals surface area contributed by atoms with Gasteiger partial charge >= 0.3 is 5.97 Å². The molecule has 0 aromatic heterocycles. The Morgan fingerprint density at radius 1 is 1.31 bits per heavy atom. The van der Waals surface area contributed by atoms with Crippen LogP contribution in [0.4, 0.5) is 5.69 Å². The highest BCUT2D eigenvalue weighted by Crippen LogP contribution is 2.33. The summed E-state index contributed by atoms with van der Waals surface area (Å²) in [4.78, 5) is 29.3. The van der Waals surface area contributed by atoms with Crippen LogP contribution in [-0.2, 0) is 20.7 Å². The van der Waals surface area contributed by atoms with Crippen molar-refractivity contribution >= 4 is 17.6 Å². The summed E-state index contributed by atoms with van der Waals surface area (Å²) in [6.45, 7) is 7.68. The average Bonchev–Trinajstić information content (AvgIpc) is 3.17. The average molecular weight is 359 g/mol. The summed E-state index contributed by atoms with van der Waals surface area (Å²) in [7, 11) is 0. The lowest BCUT2D eigenvalue weighted by atomic mass is 10.1. The Kier molecular flexibility index (Phi) is 4.16. The second-order valence-corrected chi connectivity index (χ2v) is 8.04. The number of anilines is 1. The van der Waals surface area contributed by atoms with Crippen molar-refractivity contribution in [1.82, 2.24) is 10.2 Å². The van der Waals surface area contributed by atoms with Crippen molar-refractivity contribution in [2.24, 2.45) is 0 Å². The van der Waals surface area contributed by atoms with Crippen LogP contribution in [0, 0.1) is 0 Å². The van der Waals surface area contributed by atoms with E-state index in [1.54, 1.807) is 4.90 Å². The van der Waals surface area contributed by atoms with E-state index in [1.165, 1.54) is 0 Å². The van der Waals surface area contributed by atoms with Crippen LogP contribution in [0.5, 0.6) is 5.75 Å². The zero-order valence-corrected chi connectivity index (χ0v) is 15.4. The normalized spacial score (nSPS) is 25.7. The SMILES string of the molecule is CC(C)(C)OC(=O)C1CNCC2C(=O)N(c3ccc4c(c3)CCO4)CN12. The summed E-state index contributed by atoms with van der Waals surface area (Å²) in [5, 5.41) is 3.21. The van der Waals surface area contributed by atoms with E-state index < -0.39 is 11.6 Å². The highest BCUT2D eigenvalue weighted by molar-refractivity contribution is 6.00. The number of carbonyl (C=O) groups excluding carboxylic acids is 2. The van der Waals surface area contributed by atoms with Crippen molar-refractivity contribution in [3.8, 4) is 5.75 Å². The predicted molar refractivity (Wildman–Crippen MR) is 96.1 cm³/mol. The molecule has 1 amide bonds. The second kappa shape index (κ2) is 6.25. The second-order valence-electron chi connectivity index (χ2n) is 8.04. The number of hydrogen-bond acceptors (Lipinski definition) is 6. The number of ether oxygens (including phenoxy) is 2. The van der Waals surface area contributed by atoms with Gasteiger partial charge in [-0.1, -0.05) is 0 Å². The molecule has 140 valence electrons. The topological polar surface area (TPSA) is 71.1 Å². The maximum atomic E-state index is 13.0. The van der Waals surface area contributed by atoms with Gasteiger partial charge in [-0.05, 0) is 44.5 Å². The Morgan fingerprint density at radius 3 is 2.88 bits per heavy atom. The molecule has 0 spiro atoms. The number of hydrogen-bond donors (Lipinski definition) is 1. The number of fused-ring (bicyclic) bond motifs is 2. The number of nitrogens with one attached hydrogen (secondary N) is 1. The van der Waals surface area contributed by atoms with Crippen LogP contribution in [0.1, 0.15) is 26.3 Å². The molecule has 26 heavy (non-hydrogen) atoms. The van der Waals surface area contributed by atoms with Gasteiger partial charge in [-0.15, -0.1) is 0 Å². The zero-order chi connectivity index (χ0) is 18.5. The van der Waals surface area contributed by atoms with Gasteiger partial charge in [0.25, 0.3) is 0 Å². The van der Waals surface area contributed by atoms with Crippen LogP contribution in [0.3, 0.4) is 0 Å². The maximum Gasteiger partial charge on any atom is 0.325 e. The summed E-state index contributed by atoms with van der Waals surface area (Å²) in [5.41, 5.74) is 1.44. The molecule has 1 aromatic carbocycles. The first-order valence-electron chi connectivity index (χ1n) is 9.10. The molecule has 7 nitrogen and oxygen atoms in total. The third-order valence-electron chi connectivity index (χ3n) is 5.00. The Hall–Kier alpha value is -2.12. The lowest BCUT2D eigenvalue weighted by Crippen LogP contribution is -2.60. The fraction of sp³-hybridized carbons (Fsp3) is 0.579. The number of carbonyl (C=O) groups is 2. The Balaban J connectivity index is 1.56. The van der Waals surface area contributed by atoms with E-state index in [4.69, 9.17) is 9.47 Å². The van der Waals surface area contributed by atoms with E-state index in [1.807, 2.05) is 43.9 Å². The van der Waals surface area contributed by atoms with Gasteiger partial charge in [-0.2, -0.15) is 0 Å². The predicted octanol–water partition coefficient (Wildman–Crippen LogP) is 0.910. The van der Waals surface area contributed by atoms with Gasteiger partial charge in [0.15, 0.2) is 0 Å². The molecule has 2 saturated heterocycles. The van der Waals surface area contributed by atoms with E-state index in [-0.39, 0.29) is 17.9 Å². The summed E-state index contributed by atoms with van der Waals surface area (Å²) in [6.07, 6.45) is 0.862. The fourth-order valence-corrected chi connectivity index (χ4v) is 3.79. The van der Waals surface area contributed by atoms with Gasteiger partial charge in [-0.3, -0.25) is 19.4 Å². The molecule has 4 rings (SSSR count). The van der Waals surface area contributed by atoms with E-state index in [0.717, 1.165) is 23.4 Å². The summed E-state index contributed by atoms with van der Waals surface area (Å²) >= 11 is 0. The highest BCUT2D eigenvalue weighted by atomic mass is 16.6. The van der Waals surface area contributed by atoms with E-state index in [0.29, 0.717) is 26.4 Å². The van der Waals surface area contributed by atoms with Gasteiger partial charge in [0.05, 0.1) is 13.3 Å². The van der Waals surface area contributed by atoms with Crippen molar-refractivity contribution in [2.75, 3.05) is 31.3 Å². The van der Waals surface area contributed by atoms with Crippen LogP contribution in [-0.4, -0.2) is 60.8 Å². The first-order valence-corrected chi connectivity index (χ1v) is 9.10. The zero-order valence-electron chi connectivity index (χ0n) is 15.4. The summed E-state index contributed by atoms with van der Waals surface area (Å²) < 4.78 is 11.1. The lowest BCUT2D eigenvalue weighted by molar-refractivity contribution is -0.162. The Labute approximate surface area is 153 Å². The molecule has 3 heterocycles. The van der Waals surface area contributed by atoms with Crippen molar-refractivity contribution in [1.29, 1.82) is 0 Å². The van der Waals surface area contributed by atoms with Gasteiger partial charge < -0.3 is 14.8 Å². The Morgan fingerprint density at radius 2 is 2.12 bits per heavy atom. The quantitative estimate of drug-likeness (QED) is 0.792. The van der Waals surface area contributed by atoms with Crippen molar-refractivity contribution in [3.05, 3.63) is 23.8 Å². The number of esters is 1. The smallest absolute Gasteiger partial charge is 0.325 e. The van der Waals surface area contributed by atoms with Crippen molar-refractivity contribution < 1.29 is 19.1 Å². The van der Waals surface area contributed by atoms with E-state index in [9.17, 15) is 9.59 Å². The van der Waals surface area contributed by atoms with Gasteiger partial charge in [0, 0.05) is 25.2 Å². The fourth-order valence-electron chi connectivity index (χ4n) is 3.79. The highest BCUT2D eigenvalue weighted by Gasteiger charge is 2.47. The van der Waals surface area contributed by atoms with Crippen LogP contribution in [0.2, 0.25) is 0 Å². The number of nitrogens with zero attached hydrogens (tertiary/aromatic N) is 2. The monoisotopic (exact) mass is 359 g/mol. The van der Waals surface area contributed by atoms with Crippen LogP contribution < -0.4 is 15.0 Å². The lowest BCUT2D eigenvalue weighted by Gasteiger charge is -2.35. The first-order chi connectivity index (χ1) is 12.3. The molecule has 2 atom stereocenters. The van der Waals surface area contributed by atoms with E-state index in [2.05, 4.69) is 5.32 Å². The van der Waals surface area contributed by atoms with Gasteiger partial charge in [0.1, 0.15) is 23.4 Å². The third kappa shape index (κ3) is 3.05. The molecule has 7 heteroatoms. The molecule has 0 radical (unpaired) electrons. The van der Waals surface area contributed by atoms with Gasteiger partial charge in [0.2, 0.25) is 5.91 Å². The molecular formula is C19H25N3O4. The van der Waals surface area contributed by atoms with Crippen LogP contribution in [0.25, 0.3) is 0 Å². The summed E-state index contributed by atoms with van der Waals surface area (Å²) in [6, 6.07) is 5.06. The number of piperazine rings is 1. The molecule has 1 N–H and O–H groups in total. The van der Waals surface area contributed by atoms with Crippen molar-refractivity contribution in [2.45, 2.75) is 44.9 Å². The number of benzene rings is 1. The minimum atomic E-state index is -0.548. The molecule has 0 aliphatic carbocycles.